The summed E-state index contributed by atoms with van der Waals surface area (Å²) < 4.78 is 43.2. The summed E-state index contributed by atoms with van der Waals surface area (Å²) in [6.45, 7) is 0. The highest BCUT2D eigenvalue weighted by molar-refractivity contribution is 6.21. The van der Waals surface area contributed by atoms with Crippen LogP contribution in [0.25, 0.3) is 76.8 Å². The molecule has 0 aromatic heterocycles. The Bertz CT molecular complexity index is 2500. The van der Waals surface area contributed by atoms with Crippen LogP contribution >= 0.6 is 0 Å². The summed E-state index contributed by atoms with van der Waals surface area (Å²) in [5.41, 5.74) is 7.19. The van der Waals surface area contributed by atoms with Crippen molar-refractivity contribution in [3.05, 3.63) is 158 Å². The molecule has 9 rings (SSSR count). The van der Waals surface area contributed by atoms with Crippen LogP contribution in [0.15, 0.2) is 158 Å². The number of fused-ring (bicyclic) bond motifs is 4. The maximum atomic E-state index is 9.22. The second-order valence-corrected chi connectivity index (χ2v) is 10.9. The zero-order valence-corrected chi connectivity index (χ0v) is 23.1. The van der Waals surface area contributed by atoms with E-state index >= 15 is 0 Å². The van der Waals surface area contributed by atoms with Crippen molar-refractivity contribution in [3.8, 4) is 56.0 Å². The summed E-state index contributed by atoms with van der Waals surface area (Å²) in [4.78, 5) is 0. The first-order valence-electron chi connectivity index (χ1n) is 16.4. The number of hydrogen-bond donors (Lipinski definition) is 0. The van der Waals surface area contributed by atoms with Crippen molar-refractivity contribution >= 4 is 32.3 Å². The Morgan fingerprint density at radius 3 is 1.63 bits per heavy atom. The van der Waals surface area contributed by atoms with E-state index < -0.39 is 0 Å². The lowest BCUT2D eigenvalue weighted by Crippen LogP contribution is -1.97. The average molecular weight is 551 g/mol. The van der Waals surface area contributed by atoms with Gasteiger partial charge in [-0.05, 0) is 84.1 Å². The van der Waals surface area contributed by atoms with Crippen LogP contribution in [0, 0.1) is 0 Å². The van der Waals surface area contributed by atoms with Crippen LogP contribution in [0.5, 0.6) is 11.5 Å². The smallest absolute Gasteiger partial charge is 0.135 e. The van der Waals surface area contributed by atoms with E-state index in [4.69, 9.17) is 4.74 Å². The molecule has 1 heterocycles. The SMILES string of the molecule is [2H]c1ccc([2H])c2c(-c3ccc4c(c3)-c3cccc5cccc(c35)O4)c3c([2H])ccc([2H])c3c(-c3ccc(-c4ccccc4)cc3)c12. The first kappa shape index (κ1) is 20.3. The van der Waals surface area contributed by atoms with E-state index in [1.165, 1.54) is 0 Å². The van der Waals surface area contributed by atoms with E-state index in [1.54, 1.807) is 24.3 Å². The van der Waals surface area contributed by atoms with Crippen LogP contribution in [-0.2, 0) is 0 Å². The summed E-state index contributed by atoms with van der Waals surface area (Å²) in [6.07, 6.45) is 0. The fraction of sp³-hybridized carbons (Fsp3) is 0. The van der Waals surface area contributed by atoms with E-state index in [9.17, 15) is 5.48 Å². The average Bonchev–Trinajstić information content (AvgIpc) is 3.11. The number of rotatable bonds is 3. The van der Waals surface area contributed by atoms with E-state index in [0.717, 1.165) is 55.7 Å². The van der Waals surface area contributed by atoms with Gasteiger partial charge in [-0.15, -0.1) is 0 Å². The lowest BCUT2D eigenvalue weighted by atomic mass is 9.84. The number of hydrogen-bond acceptors (Lipinski definition) is 1. The van der Waals surface area contributed by atoms with Crippen LogP contribution in [0.3, 0.4) is 0 Å². The van der Waals surface area contributed by atoms with Gasteiger partial charge in [-0.1, -0.05) is 139 Å². The molecule has 8 aromatic carbocycles. The first-order chi connectivity index (χ1) is 23.0. The molecule has 0 saturated heterocycles. The van der Waals surface area contributed by atoms with Crippen molar-refractivity contribution in [2.24, 2.45) is 0 Å². The topological polar surface area (TPSA) is 9.23 Å². The molecule has 0 radical (unpaired) electrons. The molecule has 0 amide bonds. The van der Waals surface area contributed by atoms with Gasteiger partial charge in [0, 0.05) is 10.9 Å². The molecule has 0 saturated carbocycles. The zero-order valence-electron chi connectivity index (χ0n) is 27.1. The third-order valence-corrected chi connectivity index (χ3v) is 8.50. The highest BCUT2D eigenvalue weighted by Crippen LogP contribution is 2.49. The molecule has 0 aliphatic carbocycles. The summed E-state index contributed by atoms with van der Waals surface area (Å²) in [5, 5.41) is 4.55. The van der Waals surface area contributed by atoms with Crippen LogP contribution in [-0.4, -0.2) is 0 Å². The van der Waals surface area contributed by atoms with E-state index in [0.29, 0.717) is 32.7 Å². The molecule has 1 aliphatic rings. The molecule has 1 nitrogen and oxygen atoms in total. The van der Waals surface area contributed by atoms with Crippen molar-refractivity contribution in [2.45, 2.75) is 0 Å². The van der Waals surface area contributed by atoms with Gasteiger partial charge in [0.2, 0.25) is 0 Å². The van der Waals surface area contributed by atoms with Gasteiger partial charge < -0.3 is 4.74 Å². The summed E-state index contributed by atoms with van der Waals surface area (Å²) in [5.74, 6) is 1.56. The van der Waals surface area contributed by atoms with Crippen molar-refractivity contribution in [1.29, 1.82) is 0 Å². The number of benzene rings is 8. The molecule has 200 valence electrons. The maximum absolute atomic E-state index is 9.22. The fourth-order valence-electron chi connectivity index (χ4n) is 6.58. The van der Waals surface area contributed by atoms with Gasteiger partial charge in [0.1, 0.15) is 11.5 Å². The minimum Gasteiger partial charge on any atom is -0.456 e. The van der Waals surface area contributed by atoms with Crippen LogP contribution in [0.4, 0.5) is 0 Å². The maximum Gasteiger partial charge on any atom is 0.135 e. The second-order valence-electron chi connectivity index (χ2n) is 10.9. The van der Waals surface area contributed by atoms with E-state index in [2.05, 4.69) is 54.6 Å². The highest BCUT2D eigenvalue weighted by atomic mass is 16.5. The lowest BCUT2D eigenvalue weighted by Gasteiger charge is -2.23. The standard InChI is InChI=1S/C42H26O/c1-2-10-27(11-3-1)28-20-22-30(23-21-28)40-32-14-4-6-16-34(32)41(35-17-7-5-15-33(35)40)31-24-25-38-37(26-31)36-18-8-12-29-13-9-19-39(43-38)42(29)36/h1-26H/i14D,15D,16D,17D. The minimum absolute atomic E-state index is 0.270. The molecular formula is C42H26O. The van der Waals surface area contributed by atoms with Gasteiger partial charge in [0.15, 0.2) is 0 Å². The largest absolute Gasteiger partial charge is 0.456 e. The predicted octanol–water partition coefficient (Wildman–Crippen LogP) is 11.9. The fourth-order valence-corrected chi connectivity index (χ4v) is 6.58. The minimum atomic E-state index is 0.270. The Balaban J connectivity index is 1.37. The molecule has 1 heteroatoms. The van der Waals surface area contributed by atoms with Crippen molar-refractivity contribution < 1.29 is 10.2 Å². The summed E-state index contributed by atoms with van der Waals surface area (Å²) in [7, 11) is 0. The van der Waals surface area contributed by atoms with Gasteiger partial charge in [0.05, 0.1) is 5.48 Å². The highest BCUT2D eigenvalue weighted by Gasteiger charge is 2.22. The van der Waals surface area contributed by atoms with Crippen LogP contribution in [0.1, 0.15) is 5.48 Å². The van der Waals surface area contributed by atoms with Crippen molar-refractivity contribution in [3.63, 3.8) is 0 Å². The molecule has 43 heavy (non-hydrogen) atoms. The first-order valence-corrected chi connectivity index (χ1v) is 14.4. The lowest BCUT2D eigenvalue weighted by molar-refractivity contribution is 0.487. The Morgan fingerprint density at radius 2 is 0.953 bits per heavy atom. The molecule has 8 aromatic rings. The van der Waals surface area contributed by atoms with Crippen LogP contribution in [0.2, 0.25) is 0 Å². The predicted molar refractivity (Wildman–Crippen MR) is 181 cm³/mol. The third kappa shape index (κ3) is 3.72. The summed E-state index contributed by atoms with van der Waals surface area (Å²) >= 11 is 0. The second kappa shape index (κ2) is 9.44. The quantitative estimate of drug-likeness (QED) is 0.199. The zero-order chi connectivity index (χ0) is 31.8. The van der Waals surface area contributed by atoms with Crippen molar-refractivity contribution in [1.82, 2.24) is 0 Å². The molecule has 0 spiro atoms. The van der Waals surface area contributed by atoms with Gasteiger partial charge >= 0.3 is 0 Å². The number of ether oxygens (including phenoxy) is 1. The third-order valence-electron chi connectivity index (χ3n) is 8.50. The van der Waals surface area contributed by atoms with Crippen LogP contribution < -0.4 is 4.74 Å². The monoisotopic (exact) mass is 550 g/mol. The Hall–Kier alpha value is -5.66. The van der Waals surface area contributed by atoms with E-state index in [-0.39, 0.29) is 24.2 Å². The van der Waals surface area contributed by atoms with Gasteiger partial charge in [-0.2, -0.15) is 0 Å². The van der Waals surface area contributed by atoms with Gasteiger partial charge in [0.25, 0.3) is 0 Å². The molecule has 0 N–H and O–H groups in total. The Kier molecular flexibility index (Phi) is 4.45. The Morgan fingerprint density at radius 1 is 0.395 bits per heavy atom. The molecule has 0 fully saturated rings. The molecular weight excluding hydrogens is 520 g/mol. The molecule has 0 bridgehead atoms. The van der Waals surface area contributed by atoms with Gasteiger partial charge in [-0.25, -0.2) is 0 Å². The molecule has 0 unspecified atom stereocenters. The Labute approximate surface area is 255 Å². The molecule has 1 aliphatic heterocycles. The van der Waals surface area contributed by atoms with E-state index in [1.807, 2.05) is 54.6 Å². The molecule has 0 atom stereocenters. The van der Waals surface area contributed by atoms with Gasteiger partial charge in [-0.3, -0.25) is 0 Å². The normalized spacial score (nSPS) is 13.2. The van der Waals surface area contributed by atoms with Crippen molar-refractivity contribution in [2.75, 3.05) is 0 Å². The summed E-state index contributed by atoms with van der Waals surface area (Å²) in [6, 6.07) is 44.4.